The van der Waals surface area contributed by atoms with E-state index in [0.717, 1.165) is 4.47 Å². The molecule has 0 saturated heterocycles. The van der Waals surface area contributed by atoms with Gasteiger partial charge in [-0.25, -0.2) is 4.98 Å². The molecule has 2 rings (SSSR count). The number of aromatic nitrogens is 2. The standard InChI is InChI=1S/C13H12BrN3O2/c1-9-6-10(14)7-17(13(9)19)8-12(18)16-11-4-2-3-5-15-11/h2-7H,8H2,1H3,(H,15,16,18). The number of carbonyl (C=O) groups excluding carboxylic acids is 1. The molecule has 5 nitrogen and oxygen atoms in total. The molecule has 1 amide bonds. The van der Waals surface area contributed by atoms with Crippen LogP contribution in [-0.4, -0.2) is 15.5 Å². The van der Waals surface area contributed by atoms with E-state index in [0.29, 0.717) is 11.4 Å². The summed E-state index contributed by atoms with van der Waals surface area (Å²) >= 11 is 3.30. The van der Waals surface area contributed by atoms with Crippen LogP contribution in [0.4, 0.5) is 5.82 Å². The van der Waals surface area contributed by atoms with Gasteiger partial charge in [0.15, 0.2) is 0 Å². The molecule has 0 radical (unpaired) electrons. The molecule has 0 unspecified atom stereocenters. The van der Waals surface area contributed by atoms with Crippen molar-refractivity contribution in [2.24, 2.45) is 0 Å². The smallest absolute Gasteiger partial charge is 0.253 e. The molecule has 6 heteroatoms. The number of anilines is 1. The van der Waals surface area contributed by atoms with Gasteiger partial charge in [0.05, 0.1) is 0 Å². The number of amides is 1. The van der Waals surface area contributed by atoms with E-state index in [-0.39, 0.29) is 18.0 Å². The van der Waals surface area contributed by atoms with Crippen LogP contribution >= 0.6 is 15.9 Å². The molecule has 2 heterocycles. The Morgan fingerprint density at radius 1 is 1.47 bits per heavy atom. The molecule has 0 aliphatic carbocycles. The van der Waals surface area contributed by atoms with Gasteiger partial charge in [-0.1, -0.05) is 6.07 Å². The van der Waals surface area contributed by atoms with Gasteiger partial charge in [0.2, 0.25) is 5.91 Å². The van der Waals surface area contributed by atoms with Gasteiger partial charge in [0.25, 0.3) is 5.56 Å². The lowest BCUT2D eigenvalue weighted by molar-refractivity contribution is -0.116. The Balaban J connectivity index is 2.14. The van der Waals surface area contributed by atoms with Crippen molar-refractivity contribution in [3.63, 3.8) is 0 Å². The fourth-order valence-corrected chi connectivity index (χ4v) is 2.22. The lowest BCUT2D eigenvalue weighted by Gasteiger charge is -2.08. The van der Waals surface area contributed by atoms with Crippen LogP contribution in [-0.2, 0) is 11.3 Å². The van der Waals surface area contributed by atoms with Crippen molar-refractivity contribution in [3.8, 4) is 0 Å². The quantitative estimate of drug-likeness (QED) is 0.939. The van der Waals surface area contributed by atoms with Crippen molar-refractivity contribution in [1.29, 1.82) is 0 Å². The van der Waals surface area contributed by atoms with Gasteiger partial charge < -0.3 is 9.88 Å². The van der Waals surface area contributed by atoms with Crippen molar-refractivity contribution in [3.05, 3.63) is 57.0 Å². The lowest BCUT2D eigenvalue weighted by atomic mass is 10.3. The van der Waals surface area contributed by atoms with Gasteiger partial charge in [0.1, 0.15) is 12.4 Å². The average Bonchev–Trinajstić information content (AvgIpc) is 2.36. The SMILES string of the molecule is Cc1cc(Br)cn(CC(=O)Nc2ccccn2)c1=O. The molecule has 0 aromatic carbocycles. The van der Waals surface area contributed by atoms with Crippen molar-refractivity contribution in [1.82, 2.24) is 9.55 Å². The Bertz CT molecular complexity index is 653. The Labute approximate surface area is 118 Å². The molecular formula is C13H12BrN3O2. The maximum absolute atomic E-state index is 11.9. The minimum atomic E-state index is -0.293. The zero-order valence-corrected chi connectivity index (χ0v) is 11.8. The van der Waals surface area contributed by atoms with Gasteiger partial charge in [0, 0.05) is 22.4 Å². The van der Waals surface area contributed by atoms with Crippen LogP contribution in [0.25, 0.3) is 0 Å². The van der Waals surface area contributed by atoms with Crippen molar-refractivity contribution < 1.29 is 4.79 Å². The third kappa shape index (κ3) is 3.51. The Kier molecular flexibility index (Phi) is 4.11. The van der Waals surface area contributed by atoms with E-state index in [2.05, 4.69) is 26.2 Å². The summed E-state index contributed by atoms with van der Waals surface area (Å²) in [5, 5.41) is 2.63. The van der Waals surface area contributed by atoms with E-state index < -0.39 is 0 Å². The zero-order chi connectivity index (χ0) is 13.8. The summed E-state index contributed by atoms with van der Waals surface area (Å²) < 4.78 is 2.12. The summed E-state index contributed by atoms with van der Waals surface area (Å²) in [6.07, 6.45) is 3.18. The topological polar surface area (TPSA) is 64.0 Å². The molecule has 0 aliphatic heterocycles. The number of nitrogens with one attached hydrogen (secondary N) is 1. The molecule has 0 fully saturated rings. The first-order chi connectivity index (χ1) is 9.06. The molecule has 2 aromatic rings. The predicted molar refractivity (Wildman–Crippen MR) is 76.0 cm³/mol. The Hall–Kier alpha value is -1.95. The third-order valence-electron chi connectivity index (χ3n) is 2.48. The second-order valence-electron chi connectivity index (χ2n) is 4.04. The molecule has 1 N–H and O–H groups in total. The van der Waals surface area contributed by atoms with E-state index in [1.165, 1.54) is 4.57 Å². The molecule has 2 aromatic heterocycles. The first kappa shape index (κ1) is 13.5. The predicted octanol–water partition coefficient (Wildman–Crippen LogP) is 1.95. The summed E-state index contributed by atoms with van der Waals surface area (Å²) in [7, 11) is 0. The van der Waals surface area contributed by atoms with Crippen LogP contribution in [0.15, 0.2) is 45.9 Å². The third-order valence-corrected chi connectivity index (χ3v) is 2.91. The molecular weight excluding hydrogens is 310 g/mol. The number of halogens is 1. The van der Waals surface area contributed by atoms with Gasteiger partial charge >= 0.3 is 0 Å². The second kappa shape index (κ2) is 5.79. The van der Waals surface area contributed by atoms with Crippen molar-refractivity contribution in [2.45, 2.75) is 13.5 Å². The fourth-order valence-electron chi connectivity index (χ4n) is 1.63. The van der Waals surface area contributed by atoms with Crippen LogP contribution in [0.3, 0.4) is 0 Å². The molecule has 0 bridgehead atoms. The molecule has 0 saturated carbocycles. The maximum atomic E-state index is 11.9. The molecule has 0 aliphatic rings. The van der Waals surface area contributed by atoms with E-state index >= 15 is 0 Å². The molecule has 98 valence electrons. The summed E-state index contributed by atoms with van der Waals surface area (Å²) in [5.41, 5.74) is 0.402. The van der Waals surface area contributed by atoms with Crippen molar-refractivity contribution in [2.75, 3.05) is 5.32 Å². The number of nitrogens with zero attached hydrogens (tertiary/aromatic N) is 2. The first-order valence-electron chi connectivity index (χ1n) is 5.64. The highest BCUT2D eigenvalue weighted by atomic mass is 79.9. The fraction of sp³-hybridized carbons (Fsp3) is 0.154. The summed E-state index contributed by atoms with van der Waals surface area (Å²) in [6, 6.07) is 6.94. The summed E-state index contributed by atoms with van der Waals surface area (Å²) in [4.78, 5) is 27.7. The Morgan fingerprint density at radius 2 is 2.26 bits per heavy atom. The van der Waals surface area contributed by atoms with E-state index in [4.69, 9.17) is 0 Å². The highest BCUT2D eigenvalue weighted by molar-refractivity contribution is 9.10. The van der Waals surface area contributed by atoms with Crippen molar-refractivity contribution >= 4 is 27.7 Å². The highest BCUT2D eigenvalue weighted by Gasteiger charge is 2.07. The second-order valence-corrected chi connectivity index (χ2v) is 4.95. The number of pyridine rings is 2. The Morgan fingerprint density at radius 3 is 2.95 bits per heavy atom. The number of hydrogen-bond donors (Lipinski definition) is 1. The van der Waals surface area contributed by atoms with Crippen LogP contribution in [0.1, 0.15) is 5.56 Å². The van der Waals surface area contributed by atoms with Gasteiger partial charge in [-0.2, -0.15) is 0 Å². The van der Waals surface area contributed by atoms with Crippen LogP contribution < -0.4 is 10.9 Å². The summed E-state index contributed by atoms with van der Waals surface area (Å²) in [6.45, 7) is 1.66. The van der Waals surface area contributed by atoms with Gasteiger partial charge in [-0.15, -0.1) is 0 Å². The van der Waals surface area contributed by atoms with Gasteiger partial charge in [-0.05, 0) is 41.1 Å². The number of rotatable bonds is 3. The molecule has 0 spiro atoms. The van der Waals surface area contributed by atoms with Crippen LogP contribution in [0, 0.1) is 6.92 Å². The first-order valence-corrected chi connectivity index (χ1v) is 6.43. The minimum absolute atomic E-state index is 0.0459. The minimum Gasteiger partial charge on any atom is -0.309 e. The van der Waals surface area contributed by atoms with Gasteiger partial charge in [-0.3, -0.25) is 9.59 Å². The number of aryl methyl sites for hydroxylation is 1. The normalized spacial score (nSPS) is 10.2. The van der Waals surface area contributed by atoms with Crippen LogP contribution in [0.5, 0.6) is 0 Å². The molecule has 19 heavy (non-hydrogen) atoms. The lowest BCUT2D eigenvalue weighted by Crippen LogP contribution is -2.28. The average molecular weight is 322 g/mol. The highest BCUT2D eigenvalue weighted by Crippen LogP contribution is 2.08. The summed E-state index contributed by atoms with van der Waals surface area (Å²) in [5.74, 6) is 0.172. The van der Waals surface area contributed by atoms with Crippen LogP contribution in [0.2, 0.25) is 0 Å². The largest absolute Gasteiger partial charge is 0.309 e. The zero-order valence-electron chi connectivity index (χ0n) is 10.3. The number of carbonyl (C=O) groups is 1. The molecule has 0 atom stereocenters. The van der Waals surface area contributed by atoms with E-state index in [9.17, 15) is 9.59 Å². The maximum Gasteiger partial charge on any atom is 0.253 e. The number of hydrogen-bond acceptors (Lipinski definition) is 3. The van der Waals surface area contributed by atoms with E-state index in [1.807, 2.05) is 0 Å². The van der Waals surface area contributed by atoms with E-state index in [1.54, 1.807) is 43.6 Å². The monoisotopic (exact) mass is 321 g/mol.